The molecular formula is C13H23N3S. The number of hydrogen-bond donors (Lipinski definition) is 1. The van der Waals surface area contributed by atoms with Gasteiger partial charge in [0.15, 0.2) is 0 Å². The number of pyridine rings is 1. The minimum absolute atomic E-state index is 0.371. The lowest BCUT2D eigenvalue weighted by atomic mass is 10.1. The van der Waals surface area contributed by atoms with Crippen LogP contribution in [0.25, 0.3) is 0 Å². The summed E-state index contributed by atoms with van der Waals surface area (Å²) in [5, 5.41) is 3.27. The lowest BCUT2D eigenvalue weighted by molar-refractivity contribution is 0.437. The molecule has 0 saturated heterocycles. The Bertz CT molecular complexity index is 307. The van der Waals surface area contributed by atoms with Gasteiger partial charge in [0.25, 0.3) is 0 Å². The van der Waals surface area contributed by atoms with Gasteiger partial charge in [-0.15, -0.1) is 11.8 Å². The van der Waals surface area contributed by atoms with Gasteiger partial charge in [-0.2, -0.15) is 0 Å². The molecule has 1 aromatic heterocycles. The van der Waals surface area contributed by atoms with Crippen LogP contribution >= 0.6 is 11.8 Å². The molecule has 0 aliphatic heterocycles. The van der Waals surface area contributed by atoms with Crippen molar-refractivity contribution in [3.63, 3.8) is 0 Å². The molecule has 0 fully saturated rings. The average Bonchev–Trinajstić information content (AvgIpc) is 2.32. The largest absolute Gasteiger partial charge is 0.312 e. The van der Waals surface area contributed by atoms with Crippen molar-refractivity contribution in [2.24, 2.45) is 0 Å². The van der Waals surface area contributed by atoms with Crippen LogP contribution in [-0.4, -0.2) is 43.3 Å². The molecule has 0 bridgehead atoms. The van der Waals surface area contributed by atoms with E-state index < -0.39 is 0 Å². The quantitative estimate of drug-likeness (QED) is 0.755. The summed E-state index contributed by atoms with van der Waals surface area (Å²) in [6.07, 6.45) is 3.05. The Kier molecular flexibility index (Phi) is 6.55. The van der Waals surface area contributed by atoms with Gasteiger partial charge in [-0.25, -0.2) is 0 Å². The summed E-state index contributed by atoms with van der Waals surface area (Å²) in [5.41, 5.74) is 1.13. The molecule has 0 saturated carbocycles. The van der Waals surface area contributed by atoms with Gasteiger partial charge in [-0.05, 0) is 39.7 Å². The highest BCUT2D eigenvalue weighted by atomic mass is 32.2. The van der Waals surface area contributed by atoms with E-state index in [-0.39, 0.29) is 0 Å². The molecule has 0 spiro atoms. The fraction of sp³-hybridized carbons (Fsp3) is 0.615. The van der Waals surface area contributed by atoms with E-state index in [4.69, 9.17) is 0 Å². The van der Waals surface area contributed by atoms with Crippen molar-refractivity contribution >= 4 is 11.8 Å². The summed E-state index contributed by atoms with van der Waals surface area (Å²) in [6, 6.07) is 4.67. The molecule has 1 atom stereocenters. The van der Waals surface area contributed by atoms with Crippen LogP contribution in [0.5, 0.6) is 0 Å². The second-order valence-corrected chi connectivity index (χ2v) is 5.49. The van der Waals surface area contributed by atoms with E-state index in [1.807, 2.05) is 25.0 Å². The summed E-state index contributed by atoms with van der Waals surface area (Å²) in [7, 11) is 6.18. The van der Waals surface area contributed by atoms with Gasteiger partial charge in [-0.3, -0.25) is 4.98 Å². The lowest BCUT2D eigenvalue weighted by Gasteiger charge is -2.13. The monoisotopic (exact) mass is 253 g/mol. The molecule has 0 aliphatic rings. The van der Waals surface area contributed by atoms with E-state index >= 15 is 0 Å². The van der Waals surface area contributed by atoms with Crippen molar-refractivity contribution in [1.82, 2.24) is 15.2 Å². The smallest absolute Gasteiger partial charge is 0.0573 e. The van der Waals surface area contributed by atoms with Crippen molar-refractivity contribution in [3.05, 3.63) is 24.0 Å². The molecule has 3 nitrogen and oxygen atoms in total. The Balaban J connectivity index is 2.49. The normalized spacial score (nSPS) is 13.0. The van der Waals surface area contributed by atoms with Crippen LogP contribution in [0, 0.1) is 0 Å². The van der Waals surface area contributed by atoms with Crippen molar-refractivity contribution in [2.45, 2.75) is 24.3 Å². The first-order valence-electron chi connectivity index (χ1n) is 6.08. The summed E-state index contributed by atoms with van der Waals surface area (Å²) < 4.78 is 0. The fourth-order valence-corrected chi connectivity index (χ4v) is 2.57. The van der Waals surface area contributed by atoms with Crippen molar-refractivity contribution in [1.29, 1.82) is 0 Å². The van der Waals surface area contributed by atoms with Gasteiger partial charge in [0, 0.05) is 29.4 Å². The molecule has 0 aliphatic carbocycles. The minimum atomic E-state index is 0.371. The van der Waals surface area contributed by atoms with Crippen LogP contribution in [0.3, 0.4) is 0 Å². The van der Waals surface area contributed by atoms with Gasteiger partial charge >= 0.3 is 0 Å². The summed E-state index contributed by atoms with van der Waals surface area (Å²) >= 11 is 1.86. The molecular weight excluding hydrogens is 230 g/mol. The van der Waals surface area contributed by atoms with Gasteiger partial charge in [0.1, 0.15) is 0 Å². The first-order valence-corrected chi connectivity index (χ1v) is 7.06. The summed E-state index contributed by atoms with van der Waals surface area (Å²) in [6.45, 7) is 3.27. The standard InChI is InChI=1S/C13H23N3S/c1-5-12(14-2)13-7-6-11(10-15-13)17-9-8-16(3)4/h6-7,10,12,14H,5,8-9H2,1-4H3. The Morgan fingerprint density at radius 2 is 2.18 bits per heavy atom. The zero-order valence-electron chi connectivity index (χ0n) is 11.2. The molecule has 4 heteroatoms. The number of hydrogen-bond acceptors (Lipinski definition) is 4. The van der Waals surface area contributed by atoms with Crippen LogP contribution in [0.4, 0.5) is 0 Å². The Hall–Kier alpha value is -0.580. The lowest BCUT2D eigenvalue weighted by Crippen LogP contribution is -2.16. The van der Waals surface area contributed by atoms with Crippen molar-refractivity contribution in [3.8, 4) is 0 Å². The van der Waals surface area contributed by atoms with E-state index in [1.54, 1.807) is 0 Å². The fourth-order valence-electron chi connectivity index (χ4n) is 1.59. The van der Waals surface area contributed by atoms with Crippen LogP contribution in [0.2, 0.25) is 0 Å². The van der Waals surface area contributed by atoms with E-state index in [0.29, 0.717) is 6.04 Å². The Morgan fingerprint density at radius 1 is 1.41 bits per heavy atom. The third kappa shape index (κ3) is 5.06. The van der Waals surface area contributed by atoms with Crippen LogP contribution < -0.4 is 5.32 Å². The third-order valence-electron chi connectivity index (χ3n) is 2.68. The van der Waals surface area contributed by atoms with Gasteiger partial charge in [0.2, 0.25) is 0 Å². The number of nitrogens with zero attached hydrogens (tertiary/aromatic N) is 2. The predicted octanol–water partition coefficient (Wildman–Crippen LogP) is 2.41. The predicted molar refractivity (Wildman–Crippen MR) is 75.6 cm³/mol. The topological polar surface area (TPSA) is 28.2 Å². The molecule has 0 radical (unpaired) electrons. The molecule has 0 aromatic carbocycles. The molecule has 1 unspecified atom stereocenters. The zero-order chi connectivity index (χ0) is 12.7. The first-order chi connectivity index (χ1) is 8.17. The average molecular weight is 253 g/mol. The van der Waals surface area contributed by atoms with Gasteiger partial charge in [0.05, 0.1) is 5.69 Å². The maximum Gasteiger partial charge on any atom is 0.0573 e. The van der Waals surface area contributed by atoms with Gasteiger partial charge < -0.3 is 10.2 Å². The number of aromatic nitrogens is 1. The third-order valence-corrected chi connectivity index (χ3v) is 3.64. The SMILES string of the molecule is CCC(NC)c1ccc(SCCN(C)C)cn1. The van der Waals surface area contributed by atoms with Crippen molar-refractivity contribution in [2.75, 3.05) is 33.4 Å². The first kappa shape index (κ1) is 14.5. The number of rotatable bonds is 7. The zero-order valence-corrected chi connectivity index (χ0v) is 12.0. The van der Waals surface area contributed by atoms with E-state index in [1.165, 1.54) is 4.90 Å². The molecule has 96 valence electrons. The van der Waals surface area contributed by atoms with E-state index in [2.05, 4.69) is 48.4 Å². The molecule has 1 rings (SSSR count). The van der Waals surface area contributed by atoms with Gasteiger partial charge in [-0.1, -0.05) is 6.92 Å². The Morgan fingerprint density at radius 3 is 2.65 bits per heavy atom. The molecule has 0 amide bonds. The number of thioether (sulfide) groups is 1. The highest BCUT2D eigenvalue weighted by molar-refractivity contribution is 7.99. The highest BCUT2D eigenvalue weighted by Crippen LogP contribution is 2.19. The van der Waals surface area contributed by atoms with Crippen LogP contribution in [0.1, 0.15) is 25.1 Å². The maximum absolute atomic E-state index is 4.52. The van der Waals surface area contributed by atoms with Crippen molar-refractivity contribution < 1.29 is 0 Å². The van der Waals surface area contributed by atoms with E-state index in [0.717, 1.165) is 24.4 Å². The molecule has 1 heterocycles. The van der Waals surface area contributed by atoms with Crippen LogP contribution in [0.15, 0.2) is 23.2 Å². The summed E-state index contributed by atoms with van der Waals surface area (Å²) in [4.78, 5) is 7.97. The minimum Gasteiger partial charge on any atom is -0.312 e. The second-order valence-electron chi connectivity index (χ2n) is 4.32. The molecule has 1 N–H and O–H groups in total. The van der Waals surface area contributed by atoms with Crippen LogP contribution in [-0.2, 0) is 0 Å². The second kappa shape index (κ2) is 7.69. The van der Waals surface area contributed by atoms with E-state index in [9.17, 15) is 0 Å². The maximum atomic E-state index is 4.52. The highest BCUT2D eigenvalue weighted by Gasteiger charge is 2.07. The summed E-state index contributed by atoms with van der Waals surface area (Å²) in [5.74, 6) is 1.11. The molecule has 1 aromatic rings. The number of nitrogens with one attached hydrogen (secondary N) is 1. The Labute approximate surface area is 109 Å². The molecule has 17 heavy (non-hydrogen) atoms.